The van der Waals surface area contributed by atoms with Crippen molar-refractivity contribution in [2.75, 3.05) is 5.32 Å². The molecule has 0 saturated heterocycles. The fourth-order valence-electron chi connectivity index (χ4n) is 1.81. The lowest BCUT2D eigenvalue weighted by molar-refractivity contribution is 0.102. The Kier molecular flexibility index (Phi) is 2.92. The highest BCUT2D eigenvalue weighted by atomic mass is 16.2. The Morgan fingerprint density at radius 3 is 2.90 bits per heavy atom. The minimum absolute atomic E-state index is 0.0272. The maximum absolute atomic E-state index is 12.2. The van der Waals surface area contributed by atoms with Crippen LogP contribution in [0.2, 0.25) is 0 Å². The van der Waals surface area contributed by atoms with Gasteiger partial charge in [0.2, 0.25) is 0 Å². The van der Waals surface area contributed by atoms with Gasteiger partial charge >= 0.3 is 0 Å². The number of pyridine rings is 2. The molecule has 0 saturated carbocycles. The van der Waals surface area contributed by atoms with Gasteiger partial charge in [-0.2, -0.15) is 0 Å². The Morgan fingerprint density at radius 1 is 1.20 bits per heavy atom. The van der Waals surface area contributed by atoms with Crippen LogP contribution in [0, 0.1) is 0 Å². The molecule has 0 fully saturated rings. The Labute approximate surface area is 112 Å². The van der Waals surface area contributed by atoms with Crippen LogP contribution in [0.15, 0.2) is 53.8 Å². The largest absolute Gasteiger partial charge is 0.304 e. The van der Waals surface area contributed by atoms with Crippen molar-refractivity contribution in [1.82, 2.24) is 19.6 Å². The van der Waals surface area contributed by atoms with Crippen LogP contribution in [0.3, 0.4) is 0 Å². The first kappa shape index (κ1) is 12.0. The molecule has 0 aliphatic carbocycles. The van der Waals surface area contributed by atoms with Crippen molar-refractivity contribution in [3.05, 3.63) is 65.0 Å². The van der Waals surface area contributed by atoms with Crippen LogP contribution in [0.5, 0.6) is 0 Å². The molecule has 0 atom stereocenters. The van der Waals surface area contributed by atoms with Gasteiger partial charge in [0.1, 0.15) is 11.9 Å². The van der Waals surface area contributed by atoms with Crippen LogP contribution in [0.4, 0.5) is 5.82 Å². The predicted molar refractivity (Wildman–Crippen MR) is 71.4 cm³/mol. The van der Waals surface area contributed by atoms with Crippen LogP contribution in [0.1, 0.15) is 10.4 Å². The first-order valence-corrected chi connectivity index (χ1v) is 5.80. The first-order chi connectivity index (χ1) is 9.75. The number of hydrogen-bond acceptors (Lipinski definition) is 5. The lowest BCUT2D eigenvalue weighted by atomic mass is 10.2. The molecule has 0 spiro atoms. The number of nitrogens with zero attached hydrogens (tertiary/aromatic N) is 4. The second kappa shape index (κ2) is 4.88. The SMILES string of the molecule is O=C(Nc1cncnn1)c1ccc2ccccn2c1=O. The van der Waals surface area contributed by atoms with Crippen molar-refractivity contribution in [3.63, 3.8) is 0 Å². The zero-order chi connectivity index (χ0) is 13.9. The molecular formula is C13H9N5O2. The molecule has 7 nitrogen and oxygen atoms in total. The third-order valence-electron chi connectivity index (χ3n) is 2.73. The van der Waals surface area contributed by atoms with Crippen LogP contribution in [-0.2, 0) is 0 Å². The van der Waals surface area contributed by atoms with E-state index in [1.54, 1.807) is 24.4 Å². The Morgan fingerprint density at radius 2 is 2.10 bits per heavy atom. The van der Waals surface area contributed by atoms with Crippen molar-refractivity contribution < 1.29 is 4.79 Å². The maximum atomic E-state index is 12.2. The molecule has 3 aromatic heterocycles. The molecule has 0 radical (unpaired) electrons. The van der Waals surface area contributed by atoms with Crippen molar-refractivity contribution in [1.29, 1.82) is 0 Å². The molecule has 1 N–H and O–H groups in total. The topological polar surface area (TPSA) is 89.2 Å². The number of carbonyl (C=O) groups excluding carboxylic acids is 1. The van der Waals surface area contributed by atoms with Gasteiger partial charge in [0.05, 0.1) is 6.20 Å². The molecule has 7 heteroatoms. The molecule has 98 valence electrons. The molecule has 0 aromatic carbocycles. The maximum Gasteiger partial charge on any atom is 0.267 e. The van der Waals surface area contributed by atoms with Crippen molar-refractivity contribution in [3.8, 4) is 0 Å². The highest BCUT2D eigenvalue weighted by Gasteiger charge is 2.12. The zero-order valence-electron chi connectivity index (χ0n) is 10.2. The lowest BCUT2D eigenvalue weighted by Crippen LogP contribution is -2.26. The normalized spacial score (nSPS) is 10.4. The van der Waals surface area contributed by atoms with E-state index in [0.717, 1.165) is 5.52 Å². The molecule has 1 amide bonds. The number of hydrogen-bond donors (Lipinski definition) is 1. The van der Waals surface area contributed by atoms with Crippen LogP contribution >= 0.6 is 0 Å². The van der Waals surface area contributed by atoms with E-state index < -0.39 is 11.5 Å². The van der Waals surface area contributed by atoms with E-state index in [2.05, 4.69) is 20.5 Å². The number of nitrogens with one attached hydrogen (secondary N) is 1. The van der Waals surface area contributed by atoms with Gasteiger partial charge in [-0.25, -0.2) is 4.98 Å². The van der Waals surface area contributed by atoms with Gasteiger partial charge in [-0.05, 0) is 24.3 Å². The molecule has 0 bridgehead atoms. The van der Waals surface area contributed by atoms with E-state index in [1.165, 1.54) is 23.0 Å². The fourth-order valence-corrected chi connectivity index (χ4v) is 1.81. The average molecular weight is 267 g/mol. The smallest absolute Gasteiger partial charge is 0.267 e. The summed E-state index contributed by atoms with van der Waals surface area (Å²) in [5.74, 6) is -0.356. The quantitative estimate of drug-likeness (QED) is 0.739. The third kappa shape index (κ3) is 2.12. The lowest BCUT2D eigenvalue weighted by Gasteiger charge is -2.05. The summed E-state index contributed by atoms with van der Waals surface area (Å²) < 4.78 is 1.41. The van der Waals surface area contributed by atoms with Gasteiger partial charge in [-0.1, -0.05) is 6.07 Å². The third-order valence-corrected chi connectivity index (χ3v) is 2.73. The van der Waals surface area contributed by atoms with Gasteiger partial charge < -0.3 is 5.32 Å². The average Bonchev–Trinajstić information content (AvgIpc) is 2.49. The number of anilines is 1. The minimum atomic E-state index is -0.546. The molecule has 3 rings (SSSR count). The monoisotopic (exact) mass is 267 g/mol. The van der Waals surface area contributed by atoms with E-state index in [9.17, 15) is 9.59 Å². The summed E-state index contributed by atoms with van der Waals surface area (Å²) in [6.45, 7) is 0. The van der Waals surface area contributed by atoms with E-state index >= 15 is 0 Å². The molecule has 3 aromatic rings. The van der Waals surface area contributed by atoms with Gasteiger partial charge in [0.25, 0.3) is 11.5 Å². The van der Waals surface area contributed by atoms with E-state index in [1.807, 2.05) is 6.07 Å². The summed E-state index contributed by atoms with van der Waals surface area (Å²) in [7, 11) is 0. The van der Waals surface area contributed by atoms with Gasteiger partial charge in [-0.3, -0.25) is 14.0 Å². The summed E-state index contributed by atoms with van der Waals surface area (Å²) in [4.78, 5) is 28.0. The van der Waals surface area contributed by atoms with Gasteiger partial charge in [0.15, 0.2) is 5.82 Å². The summed E-state index contributed by atoms with van der Waals surface area (Å²) >= 11 is 0. The summed E-state index contributed by atoms with van der Waals surface area (Å²) in [5.41, 5.74) is 0.354. The highest BCUT2D eigenvalue weighted by molar-refractivity contribution is 6.03. The minimum Gasteiger partial charge on any atom is -0.304 e. The number of fused-ring (bicyclic) bond motifs is 1. The second-order valence-corrected chi connectivity index (χ2v) is 4.00. The Balaban J connectivity index is 2.00. The zero-order valence-corrected chi connectivity index (χ0v) is 10.2. The summed E-state index contributed by atoms with van der Waals surface area (Å²) in [5, 5.41) is 9.70. The van der Waals surface area contributed by atoms with E-state index in [0.29, 0.717) is 0 Å². The van der Waals surface area contributed by atoms with Crippen molar-refractivity contribution in [2.45, 2.75) is 0 Å². The standard InChI is InChI=1S/C13H9N5O2/c19-12(16-11-7-14-8-15-17-11)10-5-4-9-3-1-2-6-18(9)13(10)20/h1-8H,(H,16,17,19). The first-order valence-electron chi connectivity index (χ1n) is 5.80. The highest BCUT2D eigenvalue weighted by Crippen LogP contribution is 2.04. The summed E-state index contributed by atoms with van der Waals surface area (Å²) in [6, 6.07) is 8.51. The van der Waals surface area contributed by atoms with Crippen LogP contribution < -0.4 is 10.9 Å². The molecule has 0 aliphatic heterocycles. The van der Waals surface area contributed by atoms with Crippen molar-refractivity contribution in [2.24, 2.45) is 0 Å². The molecular weight excluding hydrogens is 258 g/mol. The molecule has 3 heterocycles. The number of amides is 1. The van der Waals surface area contributed by atoms with E-state index in [4.69, 9.17) is 0 Å². The Hall–Kier alpha value is -3.09. The number of aromatic nitrogens is 4. The van der Waals surface area contributed by atoms with Crippen LogP contribution in [0.25, 0.3) is 5.52 Å². The van der Waals surface area contributed by atoms with Crippen molar-refractivity contribution >= 4 is 17.2 Å². The predicted octanol–water partition coefficient (Wildman–Crippen LogP) is 0.737. The van der Waals surface area contributed by atoms with Gasteiger partial charge in [0, 0.05) is 11.7 Å². The second-order valence-electron chi connectivity index (χ2n) is 4.00. The van der Waals surface area contributed by atoms with E-state index in [-0.39, 0.29) is 11.4 Å². The van der Waals surface area contributed by atoms with Crippen LogP contribution in [-0.4, -0.2) is 25.5 Å². The fraction of sp³-hybridized carbons (Fsp3) is 0. The Bertz CT molecular complexity index is 829. The molecule has 0 unspecified atom stereocenters. The summed E-state index contributed by atoms with van der Waals surface area (Å²) in [6.07, 6.45) is 4.21. The molecule has 0 aliphatic rings. The number of carbonyl (C=O) groups is 1. The molecule has 20 heavy (non-hydrogen) atoms. The van der Waals surface area contributed by atoms with Gasteiger partial charge in [-0.15, -0.1) is 10.2 Å². The number of rotatable bonds is 2.